The van der Waals surface area contributed by atoms with Gasteiger partial charge in [-0.3, -0.25) is 9.70 Å². The highest BCUT2D eigenvalue weighted by Crippen LogP contribution is 2.26. The molecule has 0 aromatic carbocycles. The highest BCUT2D eigenvalue weighted by molar-refractivity contribution is 6.34. The monoisotopic (exact) mass is 456 g/mol. The molecule has 2 heterocycles. The van der Waals surface area contributed by atoms with Crippen LogP contribution in [0, 0.1) is 0 Å². The van der Waals surface area contributed by atoms with Gasteiger partial charge < -0.3 is 49.2 Å². The third-order valence-electron chi connectivity index (χ3n) is 4.46. The Hall–Kier alpha value is -2.97. The van der Waals surface area contributed by atoms with Crippen molar-refractivity contribution in [1.82, 2.24) is 15.9 Å². The van der Waals surface area contributed by atoms with E-state index in [0.717, 1.165) is 0 Å². The quantitative estimate of drug-likeness (QED) is 0.117. The number of hydrogen-bond donors (Lipinski definition) is 4. The van der Waals surface area contributed by atoms with Gasteiger partial charge in [0, 0.05) is 21.1 Å². The zero-order chi connectivity index (χ0) is 23.7. The number of methoxy groups -OCH3 is 1. The van der Waals surface area contributed by atoms with Gasteiger partial charge in [-0.25, -0.2) is 9.59 Å². The zero-order valence-corrected chi connectivity index (χ0v) is 18.2. The molecule has 5 atom stereocenters. The molecular formula is C16H26B2N4O10. The maximum atomic E-state index is 12.2. The molecule has 4 N–H and O–H groups in total. The van der Waals surface area contributed by atoms with Crippen molar-refractivity contribution in [2.75, 3.05) is 27.9 Å². The van der Waals surface area contributed by atoms with Gasteiger partial charge in [0.15, 0.2) is 18.2 Å². The van der Waals surface area contributed by atoms with Gasteiger partial charge in [-0.15, -0.1) is 0 Å². The van der Waals surface area contributed by atoms with Gasteiger partial charge in [-0.1, -0.05) is 0 Å². The van der Waals surface area contributed by atoms with E-state index in [9.17, 15) is 19.5 Å². The largest absolute Gasteiger partial charge is 0.508 e. The Morgan fingerprint density at radius 2 is 2.00 bits per heavy atom. The molecule has 0 aromatic heterocycles. The molecule has 14 nitrogen and oxygen atoms in total. The summed E-state index contributed by atoms with van der Waals surface area (Å²) in [5, 5.41) is 19.4. The van der Waals surface area contributed by atoms with Gasteiger partial charge in [0.25, 0.3) is 0 Å². The topological polar surface area (TPSA) is 175 Å². The number of amides is 1. The Balaban J connectivity index is 2.39. The Bertz CT molecular complexity index is 752. The molecule has 2 aliphatic heterocycles. The van der Waals surface area contributed by atoms with Crippen molar-refractivity contribution >= 4 is 39.2 Å². The molecule has 0 radical (unpaired) electrons. The first-order chi connectivity index (χ1) is 15.3. The number of nitrogens with zero attached hydrogens (tertiary/aromatic N) is 1. The number of cyclic esters (lactones) is 2. The average molecular weight is 456 g/mol. The summed E-state index contributed by atoms with van der Waals surface area (Å²) < 4.78 is 30.0. The zero-order valence-electron chi connectivity index (χ0n) is 18.2. The fourth-order valence-corrected chi connectivity index (χ4v) is 3.07. The first kappa shape index (κ1) is 25.3. The molecule has 0 aromatic rings. The lowest BCUT2D eigenvalue weighted by Crippen LogP contribution is -2.64. The van der Waals surface area contributed by atoms with Crippen molar-refractivity contribution in [3.05, 3.63) is 11.8 Å². The summed E-state index contributed by atoms with van der Waals surface area (Å²) in [6.45, 7) is 1.06. The molecule has 0 aliphatic carbocycles. The smallest absolute Gasteiger partial charge is 0.478 e. The maximum Gasteiger partial charge on any atom is 0.508 e. The second-order valence-electron chi connectivity index (χ2n) is 6.74. The van der Waals surface area contributed by atoms with Crippen LogP contribution in [0.3, 0.4) is 0 Å². The summed E-state index contributed by atoms with van der Waals surface area (Å²) in [7, 11) is 4.19. The minimum absolute atomic E-state index is 0.00205. The van der Waals surface area contributed by atoms with Gasteiger partial charge >= 0.3 is 27.4 Å². The molecule has 0 spiro atoms. The fourth-order valence-electron chi connectivity index (χ4n) is 3.07. The highest BCUT2D eigenvalue weighted by atomic mass is 16.8. The molecule has 176 valence electrons. The van der Waals surface area contributed by atoms with E-state index in [1.54, 1.807) is 0 Å². The van der Waals surface area contributed by atoms with E-state index >= 15 is 0 Å². The van der Waals surface area contributed by atoms with E-state index in [2.05, 4.69) is 20.8 Å². The fraction of sp³-hybridized carbons (Fsp3) is 0.625. The van der Waals surface area contributed by atoms with Crippen molar-refractivity contribution in [2.24, 2.45) is 4.90 Å². The number of aliphatic hydroxyl groups is 1. The number of carbonyl (C=O) groups is 3. The number of aliphatic hydroxyl groups excluding tert-OH is 1. The number of carbonyl (C=O) groups excluding carboxylic acids is 3. The standard InChI is InChI=1S/C16H26B2N4O10/c1-7(23)19-11-8(20-15(21-17-28-3)22-18-29-4)5-9(14(25)27-2)31-13(11)12(24)10-6-30-16(26)32-10/h5,8,10-13,17-18,24H,6H2,1-4H3,(H,19,23)(H2,20,21,22)/t8?,10?,11-,12-,13-/m1/s1. The number of rotatable bonds is 9. The molecule has 2 unspecified atom stereocenters. The molecular weight excluding hydrogens is 430 g/mol. The summed E-state index contributed by atoms with van der Waals surface area (Å²) >= 11 is 0. The van der Waals surface area contributed by atoms with Crippen LogP contribution in [0.1, 0.15) is 6.92 Å². The van der Waals surface area contributed by atoms with Crippen LogP contribution in [0.4, 0.5) is 4.79 Å². The van der Waals surface area contributed by atoms with Crippen molar-refractivity contribution in [3.8, 4) is 0 Å². The summed E-state index contributed by atoms with van der Waals surface area (Å²) in [5.41, 5.74) is 0. The summed E-state index contributed by atoms with van der Waals surface area (Å²) in [4.78, 5) is 39.6. The predicted molar refractivity (Wildman–Crippen MR) is 111 cm³/mol. The molecule has 32 heavy (non-hydrogen) atoms. The third kappa shape index (κ3) is 6.77. The Labute approximate surface area is 185 Å². The van der Waals surface area contributed by atoms with Crippen LogP contribution in [-0.4, -0.2) is 103 Å². The molecule has 16 heteroatoms. The van der Waals surface area contributed by atoms with E-state index < -0.39 is 48.4 Å². The van der Waals surface area contributed by atoms with Gasteiger partial charge in [0.2, 0.25) is 11.7 Å². The lowest BCUT2D eigenvalue weighted by molar-refractivity contribution is -0.147. The van der Waals surface area contributed by atoms with Crippen molar-refractivity contribution < 1.29 is 47.7 Å². The lowest BCUT2D eigenvalue weighted by Gasteiger charge is -2.40. The molecule has 2 rings (SSSR count). The number of nitrogens with one attached hydrogen (secondary N) is 3. The van der Waals surface area contributed by atoms with Gasteiger partial charge in [0.1, 0.15) is 12.7 Å². The van der Waals surface area contributed by atoms with Crippen LogP contribution in [0.25, 0.3) is 0 Å². The molecule has 0 bridgehead atoms. The van der Waals surface area contributed by atoms with Crippen LogP contribution >= 0.6 is 0 Å². The van der Waals surface area contributed by atoms with E-state index in [1.807, 2.05) is 0 Å². The maximum absolute atomic E-state index is 12.2. The normalized spacial score (nSPS) is 25.8. The molecule has 1 fully saturated rings. The molecule has 1 amide bonds. The van der Waals surface area contributed by atoms with Gasteiger partial charge in [-0.05, 0) is 6.08 Å². The highest BCUT2D eigenvalue weighted by Gasteiger charge is 2.47. The van der Waals surface area contributed by atoms with Crippen LogP contribution in [0.5, 0.6) is 0 Å². The number of esters is 1. The SMILES string of the molecule is COB/N=C(\NBOC)NC1C=C(C(=O)OC)O[C@@H]([C@H](O)C2COC(=O)O2)[C@@H]1NC(C)=O. The predicted octanol–water partition coefficient (Wildman–Crippen LogP) is -3.43. The van der Waals surface area contributed by atoms with Gasteiger partial charge in [0.05, 0.1) is 19.2 Å². The van der Waals surface area contributed by atoms with E-state index in [-0.39, 0.29) is 33.6 Å². The van der Waals surface area contributed by atoms with Crippen molar-refractivity contribution in [3.63, 3.8) is 0 Å². The number of ether oxygens (including phenoxy) is 4. The van der Waals surface area contributed by atoms with Crippen molar-refractivity contribution in [2.45, 2.75) is 37.3 Å². The summed E-state index contributed by atoms with van der Waals surface area (Å²) in [6, 6.07) is -1.74. The Kier molecular flexibility index (Phi) is 9.61. The number of hydrogen-bond acceptors (Lipinski definition) is 11. The van der Waals surface area contributed by atoms with Crippen LogP contribution < -0.4 is 15.9 Å². The molecule has 2 aliphatic rings. The second kappa shape index (κ2) is 12.2. The lowest BCUT2D eigenvalue weighted by atomic mass is 9.92. The van der Waals surface area contributed by atoms with E-state index in [1.165, 1.54) is 34.3 Å². The Morgan fingerprint density at radius 3 is 2.56 bits per heavy atom. The van der Waals surface area contributed by atoms with E-state index in [4.69, 9.17) is 28.3 Å². The average Bonchev–Trinajstić information content (AvgIpc) is 3.21. The first-order valence-corrected chi connectivity index (χ1v) is 9.58. The van der Waals surface area contributed by atoms with Gasteiger partial charge in [-0.2, -0.15) is 0 Å². The number of guanidine groups is 1. The Morgan fingerprint density at radius 1 is 1.25 bits per heavy atom. The minimum atomic E-state index is -1.46. The summed E-state index contributed by atoms with van der Waals surface area (Å²) in [6.07, 6.45) is -3.32. The van der Waals surface area contributed by atoms with Crippen LogP contribution in [0.2, 0.25) is 0 Å². The molecule has 0 saturated carbocycles. The second-order valence-corrected chi connectivity index (χ2v) is 6.74. The van der Waals surface area contributed by atoms with Crippen molar-refractivity contribution in [1.29, 1.82) is 0 Å². The van der Waals surface area contributed by atoms with Crippen LogP contribution in [-0.2, 0) is 37.8 Å². The summed E-state index contributed by atoms with van der Waals surface area (Å²) in [5.74, 6) is -1.24. The molecule has 1 saturated heterocycles. The minimum Gasteiger partial charge on any atom is -0.478 e. The van der Waals surface area contributed by atoms with E-state index in [0.29, 0.717) is 0 Å². The first-order valence-electron chi connectivity index (χ1n) is 9.58. The third-order valence-corrected chi connectivity index (χ3v) is 4.46. The van der Waals surface area contributed by atoms with Crippen LogP contribution in [0.15, 0.2) is 16.7 Å².